The van der Waals surface area contributed by atoms with Crippen molar-refractivity contribution in [2.24, 2.45) is 0 Å². The fraction of sp³-hybridized carbons (Fsp3) is 0.107. The van der Waals surface area contributed by atoms with E-state index in [1.54, 1.807) is 19.1 Å². The van der Waals surface area contributed by atoms with Gasteiger partial charge in [0.2, 0.25) is 5.95 Å². The Morgan fingerprint density at radius 2 is 2.03 bits per heavy atom. The van der Waals surface area contributed by atoms with Crippen LogP contribution in [-0.2, 0) is 6.18 Å². The van der Waals surface area contributed by atoms with Crippen LogP contribution >= 0.6 is 0 Å². The van der Waals surface area contributed by atoms with E-state index in [0.717, 1.165) is 29.1 Å². The molecule has 3 heterocycles. The SMILES string of the molecule is [2H]c1nc(Nc2cc(C(=O)Nc3c([2H])c(-n4cnc(C)c4)c([2H])c(C(F)(F)F)c3[2H])ccc2C([2H])([2H])[2H])nc(-c2cccnc2)c1[2H]. The van der Waals surface area contributed by atoms with Crippen LogP contribution in [0.3, 0.4) is 0 Å². The van der Waals surface area contributed by atoms with Crippen LogP contribution in [0.2, 0.25) is 0 Å². The zero-order valence-corrected chi connectivity index (χ0v) is 20.0. The molecule has 0 aliphatic rings. The minimum atomic E-state index is -5.19. The summed E-state index contributed by atoms with van der Waals surface area (Å²) in [6.45, 7) is -1.20. The number of pyridine rings is 1. The largest absolute Gasteiger partial charge is 0.416 e. The smallest absolute Gasteiger partial charge is 0.324 e. The van der Waals surface area contributed by atoms with Gasteiger partial charge < -0.3 is 15.2 Å². The first-order chi connectivity index (χ1) is 22.0. The Balaban J connectivity index is 1.58. The number of nitrogens with zero attached hydrogens (tertiary/aromatic N) is 5. The standard InChI is InChI=1S/C28H22F3N7O/c1-17-5-6-19(10-25(17)37-27-33-9-7-24(36-27)20-4-3-8-32-14-20)26(39)35-22-11-21(28(29,30)31)12-23(13-22)38-15-18(2)34-16-38/h3-16H,1-2H3,(H,35,39)(H,33,36,37)/i1D3,7D,9D,11D,12D,13D. The molecule has 0 spiro atoms. The predicted molar refractivity (Wildman–Crippen MR) is 141 cm³/mol. The molecule has 196 valence electrons. The first kappa shape index (κ1) is 17.4. The third-order valence-electron chi connectivity index (χ3n) is 5.25. The van der Waals surface area contributed by atoms with E-state index in [-0.39, 0.29) is 34.5 Å². The van der Waals surface area contributed by atoms with Gasteiger partial charge >= 0.3 is 6.18 Å². The van der Waals surface area contributed by atoms with Crippen LogP contribution in [0.25, 0.3) is 16.9 Å². The highest BCUT2D eigenvalue weighted by molar-refractivity contribution is 6.05. The second kappa shape index (κ2) is 10.4. The number of benzene rings is 2. The van der Waals surface area contributed by atoms with Crippen LogP contribution < -0.4 is 10.6 Å². The third-order valence-corrected chi connectivity index (χ3v) is 5.25. The van der Waals surface area contributed by atoms with Crippen molar-refractivity contribution in [2.45, 2.75) is 20.0 Å². The molecule has 0 atom stereocenters. The highest BCUT2D eigenvalue weighted by Crippen LogP contribution is 2.33. The summed E-state index contributed by atoms with van der Waals surface area (Å²) in [6, 6.07) is 2.84. The Morgan fingerprint density at radius 1 is 1.15 bits per heavy atom. The maximum Gasteiger partial charge on any atom is 0.416 e. The Morgan fingerprint density at radius 3 is 2.74 bits per heavy atom. The normalized spacial score (nSPS) is 14.6. The number of alkyl halides is 3. The average molecular weight is 538 g/mol. The van der Waals surface area contributed by atoms with E-state index in [9.17, 15) is 18.0 Å². The second-order valence-electron chi connectivity index (χ2n) is 8.11. The van der Waals surface area contributed by atoms with Crippen molar-refractivity contribution in [1.29, 1.82) is 0 Å². The number of imidazole rings is 1. The summed E-state index contributed by atoms with van der Waals surface area (Å²) in [5.41, 5.74) is -3.17. The summed E-state index contributed by atoms with van der Waals surface area (Å²) < 4.78 is 108. The molecule has 1 amide bonds. The highest BCUT2D eigenvalue weighted by atomic mass is 19.4. The lowest BCUT2D eigenvalue weighted by Gasteiger charge is -2.14. The van der Waals surface area contributed by atoms with E-state index in [1.807, 2.05) is 0 Å². The number of anilines is 3. The summed E-state index contributed by atoms with van der Waals surface area (Å²) in [5, 5.41) is 4.82. The Hall–Kier alpha value is -5.06. The van der Waals surface area contributed by atoms with Gasteiger partial charge in [0.25, 0.3) is 5.91 Å². The van der Waals surface area contributed by atoms with Crippen LogP contribution in [0.15, 0.2) is 85.6 Å². The van der Waals surface area contributed by atoms with Gasteiger partial charge in [0.15, 0.2) is 0 Å². The monoisotopic (exact) mass is 537 g/mol. The van der Waals surface area contributed by atoms with Crippen LogP contribution in [0.5, 0.6) is 0 Å². The van der Waals surface area contributed by atoms with Crippen molar-refractivity contribution in [3.8, 4) is 16.9 Å². The summed E-state index contributed by atoms with van der Waals surface area (Å²) in [6.07, 6.45) is -0.418. The minimum absolute atomic E-state index is 0.0121. The number of hydrogen-bond donors (Lipinski definition) is 2. The third kappa shape index (κ3) is 5.93. The average Bonchev–Trinajstić information content (AvgIpc) is 3.41. The second-order valence-corrected chi connectivity index (χ2v) is 8.11. The van der Waals surface area contributed by atoms with Crippen molar-refractivity contribution >= 4 is 23.2 Å². The Bertz CT molecular complexity index is 2020. The van der Waals surface area contributed by atoms with Crippen molar-refractivity contribution in [3.05, 3.63) is 108 Å². The van der Waals surface area contributed by atoms with E-state index >= 15 is 0 Å². The van der Waals surface area contributed by atoms with Gasteiger partial charge in [-0.05, 0) is 67.8 Å². The van der Waals surface area contributed by atoms with Gasteiger partial charge in [-0.25, -0.2) is 15.0 Å². The van der Waals surface area contributed by atoms with Crippen molar-refractivity contribution < 1.29 is 28.9 Å². The summed E-state index contributed by atoms with van der Waals surface area (Å²) >= 11 is 0. The van der Waals surface area contributed by atoms with Gasteiger partial charge in [0.1, 0.15) is 0 Å². The number of aryl methyl sites for hydroxylation is 2. The number of aromatic nitrogens is 5. The van der Waals surface area contributed by atoms with Crippen molar-refractivity contribution in [1.82, 2.24) is 24.5 Å². The summed E-state index contributed by atoms with van der Waals surface area (Å²) in [7, 11) is 0. The van der Waals surface area contributed by atoms with Gasteiger partial charge in [-0.2, -0.15) is 13.2 Å². The number of halogens is 3. The van der Waals surface area contributed by atoms with E-state index in [1.165, 1.54) is 18.6 Å². The molecule has 0 bridgehead atoms. The molecule has 5 aromatic rings. The zero-order chi connectivity index (χ0) is 34.4. The fourth-order valence-corrected chi connectivity index (χ4v) is 3.42. The Labute approximate surface area is 232 Å². The summed E-state index contributed by atoms with van der Waals surface area (Å²) in [5.74, 6) is -1.40. The predicted octanol–water partition coefficient (Wildman–Crippen LogP) is 6.36. The number of carbonyl (C=O) groups excluding carboxylic acids is 1. The highest BCUT2D eigenvalue weighted by Gasteiger charge is 2.31. The zero-order valence-electron chi connectivity index (χ0n) is 28.0. The molecule has 0 aliphatic carbocycles. The molecule has 2 N–H and O–H groups in total. The molecular formula is C28H22F3N7O. The number of nitrogens with one attached hydrogen (secondary N) is 2. The maximum absolute atomic E-state index is 14.0. The minimum Gasteiger partial charge on any atom is -0.324 e. The Kier molecular flexibility index (Phi) is 4.64. The van der Waals surface area contributed by atoms with Gasteiger partial charge in [-0.15, -0.1) is 0 Å². The number of amides is 1. The van der Waals surface area contributed by atoms with Gasteiger partial charge in [0, 0.05) is 57.1 Å². The molecule has 2 aromatic carbocycles. The van der Waals surface area contributed by atoms with E-state index in [0.29, 0.717) is 11.3 Å². The molecule has 0 saturated carbocycles. The molecule has 0 saturated heterocycles. The van der Waals surface area contributed by atoms with Crippen LogP contribution in [0.1, 0.15) is 38.1 Å². The van der Waals surface area contributed by atoms with Crippen molar-refractivity contribution in [3.63, 3.8) is 0 Å². The lowest BCUT2D eigenvalue weighted by atomic mass is 10.1. The number of rotatable bonds is 6. The first-order valence-electron chi connectivity index (χ1n) is 15.2. The molecule has 0 unspecified atom stereocenters. The van der Waals surface area contributed by atoms with Gasteiger partial charge in [-0.3, -0.25) is 9.78 Å². The van der Waals surface area contributed by atoms with E-state index < -0.39 is 60.2 Å². The van der Waals surface area contributed by atoms with Crippen LogP contribution in [-0.4, -0.2) is 30.4 Å². The molecule has 8 nitrogen and oxygen atoms in total. The fourth-order valence-electron chi connectivity index (χ4n) is 3.42. The van der Waals surface area contributed by atoms with Crippen LogP contribution in [0.4, 0.5) is 30.5 Å². The molecule has 11 heteroatoms. The van der Waals surface area contributed by atoms with Crippen molar-refractivity contribution in [2.75, 3.05) is 10.6 Å². The summed E-state index contributed by atoms with van der Waals surface area (Å²) in [4.78, 5) is 29.5. The van der Waals surface area contributed by atoms with Gasteiger partial charge in [-0.1, -0.05) is 6.07 Å². The van der Waals surface area contributed by atoms with Gasteiger partial charge in [0.05, 0.1) is 30.1 Å². The molecule has 0 radical (unpaired) electrons. The lowest BCUT2D eigenvalue weighted by Crippen LogP contribution is -2.14. The molecule has 0 fully saturated rings. The van der Waals surface area contributed by atoms with Crippen LogP contribution in [0, 0.1) is 13.8 Å². The number of carbonyl (C=O) groups is 1. The number of hydrogen-bond acceptors (Lipinski definition) is 6. The molecule has 5 rings (SSSR count). The molecular weight excluding hydrogens is 507 g/mol. The quantitative estimate of drug-likeness (QED) is 0.262. The topological polar surface area (TPSA) is 97.6 Å². The van der Waals surface area contributed by atoms with E-state index in [2.05, 4.69) is 30.6 Å². The molecule has 3 aromatic heterocycles. The lowest BCUT2D eigenvalue weighted by molar-refractivity contribution is -0.137. The maximum atomic E-state index is 14.0. The molecule has 39 heavy (non-hydrogen) atoms. The van der Waals surface area contributed by atoms with E-state index in [4.69, 9.17) is 11.0 Å². The molecule has 0 aliphatic heterocycles. The first-order valence-corrected chi connectivity index (χ1v) is 11.2.